The summed E-state index contributed by atoms with van der Waals surface area (Å²) in [7, 11) is -3.53. The molecule has 8 heteroatoms. The highest BCUT2D eigenvalue weighted by atomic mass is 32.2. The Balaban J connectivity index is 2.01. The van der Waals surface area contributed by atoms with Crippen molar-refractivity contribution in [1.82, 2.24) is 4.31 Å². The lowest BCUT2D eigenvalue weighted by Crippen LogP contribution is -2.32. The van der Waals surface area contributed by atoms with Crippen LogP contribution in [-0.4, -0.2) is 31.4 Å². The van der Waals surface area contributed by atoms with E-state index in [0.29, 0.717) is 6.07 Å². The van der Waals surface area contributed by atoms with Crippen LogP contribution in [0.2, 0.25) is 0 Å². The number of aryl methyl sites for hydroxylation is 1. The summed E-state index contributed by atoms with van der Waals surface area (Å²) in [5.41, 5.74) is 1.65. The van der Waals surface area contributed by atoms with E-state index in [9.17, 15) is 22.0 Å². The Morgan fingerprint density at radius 2 is 1.88 bits per heavy atom. The zero-order chi connectivity index (χ0) is 19.3. The van der Waals surface area contributed by atoms with Crippen molar-refractivity contribution in [3.05, 3.63) is 65.2 Å². The third-order valence-electron chi connectivity index (χ3n) is 3.70. The second kappa shape index (κ2) is 8.37. The molecule has 0 heterocycles. The highest BCUT2D eigenvalue weighted by molar-refractivity contribution is 7.88. The molecular weight excluding hydrogens is 362 g/mol. The molecule has 0 atom stereocenters. The van der Waals surface area contributed by atoms with Crippen molar-refractivity contribution in [2.75, 3.05) is 18.1 Å². The topological polar surface area (TPSA) is 66.5 Å². The van der Waals surface area contributed by atoms with Gasteiger partial charge in [-0.25, -0.2) is 17.2 Å². The van der Waals surface area contributed by atoms with Crippen LogP contribution in [0.5, 0.6) is 0 Å². The third-order valence-corrected chi connectivity index (χ3v) is 4.95. The number of hydrogen-bond acceptors (Lipinski definition) is 3. The van der Waals surface area contributed by atoms with Crippen LogP contribution < -0.4 is 5.32 Å². The lowest BCUT2D eigenvalue weighted by atomic mass is 10.1. The lowest BCUT2D eigenvalue weighted by molar-refractivity contribution is -0.116. The lowest BCUT2D eigenvalue weighted by Gasteiger charge is -2.20. The maximum atomic E-state index is 13.6. The number of rotatable bonds is 7. The molecule has 0 aromatic heterocycles. The second-order valence-corrected chi connectivity index (χ2v) is 7.99. The van der Waals surface area contributed by atoms with Crippen molar-refractivity contribution in [2.24, 2.45) is 0 Å². The van der Waals surface area contributed by atoms with E-state index >= 15 is 0 Å². The fourth-order valence-corrected chi connectivity index (χ4v) is 3.21. The molecule has 140 valence electrons. The summed E-state index contributed by atoms with van der Waals surface area (Å²) < 4.78 is 51.6. The summed E-state index contributed by atoms with van der Waals surface area (Å²) >= 11 is 0. The number of carbonyl (C=O) groups is 1. The number of halogens is 2. The van der Waals surface area contributed by atoms with E-state index in [4.69, 9.17) is 0 Å². The third kappa shape index (κ3) is 5.89. The van der Waals surface area contributed by atoms with E-state index in [2.05, 4.69) is 5.32 Å². The number of anilines is 1. The summed E-state index contributed by atoms with van der Waals surface area (Å²) in [6, 6.07) is 10.2. The first-order valence-corrected chi connectivity index (χ1v) is 9.75. The Morgan fingerprint density at radius 3 is 2.50 bits per heavy atom. The summed E-state index contributed by atoms with van der Waals surface area (Å²) in [4.78, 5) is 12.0. The number of amides is 1. The molecule has 0 radical (unpaired) electrons. The minimum absolute atomic E-state index is 0.0541. The van der Waals surface area contributed by atoms with Gasteiger partial charge in [0.15, 0.2) is 0 Å². The van der Waals surface area contributed by atoms with Gasteiger partial charge in [0, 0.05) is 25.6 Å². The highest BCUT2D eigenvalue weighted by Crippen LogP contribution is 2.16. The van der Waals surface area contributed by atoms with Crippen molar-refractivity contribution < 1.29 is 22.0 Å². The normalized spacial score (nSPS) is 11.6. The number of nitrogens with one attached hydrogen (secondary N) is 1. The van der Waals surface area contributed by atoms with Gasteiger partial charge in [0.05, 0.1) is 11.9 Å². The molecule has 0 spiro atoms. The van der Waals surface area contributed by atoms with Crippen molar-refractivity contribution in [2.45, 2.75) is 19.9 Å². The van der Waals surface area contributed by atoms with Gasteiger partial charge in [-0.15, -0.1) is 0 Å². The van der Waals surface area contributed by atoms with E-state index in [1.807, 2.05) is 25.1 Å². The summed E-state index contributed by atoms with van der Waals surface area (Å²) in [5.74, 6) is -2.20. The van der Waals surface area contributed by atoms with Gasteiger partial charge < -0.3 is 5.32 Å². The standard InChI is InChI=1S/C18H20F2N2O3S/c1-13-4-3-5-14(10-13)12-22(26(2,24)25)9-8-18(23)21-17-7-6-15(19)11-16(17)20/h3-7,10-11H,8-9,12H2,1-2H3,(H,21,23). The Labute approximate surface area is 151 Å². The summed E-state index contributed by atoms with van der Waals surface area (Å²) in [5, 5.41) is 2.32. The van der Waals surface area contributed by atoms with E-state index in [0.717, 1.165) is 29.5 Å². The van der Waals surface area contributed by atoms with Crippen LogP contribution in [0.1, 0.15) is 17.5 Å². The molecule has 2 rings (SSSR count). The SMILES string of the molecule is Cc1cccc(CN(CCC(=O)Nc2ccc(F)cc2F)S(C)(=O)=O)c1. The molecule has 26 heavy (non-hydrogen) atoms. The zero-order valence-corrected chi connectivity index (χ0v) is 15.3. The van der Waals surface area contributed by atoms with Crippen LogP contribution in [0.3, 0.4) is 0 Å². The molecule has 0 unspecified atom stereocenters. The number of carbonyl (C=O) groups excluding carboxylic acids is 1. The molecule has 1 N–H and O–H groups in total. The van der Waals surface area contributed by atoms with Crippen LogP contribution >= 0.6 is 0 Å². The molecule has 0 fully saturated rings. The molecule has 5 nitrogen and oxygen atoms in total. The van der Waals surface area contributed by atoms with Crippen LogP contribution in [0.15, 0.2) is 42.5 Å². The Bertz CT molecular complexity index is 901. The molecule has 0 aliphatic heterocycles. The monoisotopic (exact) mass is 382 g/mol. The largest absolute Gasteiger partial charge is 0.324 e. The van der Waals surface area contributed by atoms with Crippen molar-refractivity contribution in [3.63, 3.8) is 0 Å². The average molecular weight is 382 g/mol. The molecule has 2 aromatic rings. The van der Waals surface area contributed by atoms with Gasteiger partial charge in [-0.05, 0) is 24.6 Å². The first-order valence-electron chi connectivity index (χ1n) is 7.91. The van der Waals surface area contributed by atoms with Gasteiger partial charge in [0.1, 0.15) is 11.6 Å². The summed E-state index contributed by atoms with van der Waals surface area (Å²) in [6.07, 6.45) is 0.913. The van der Waals surface area contributed by atoms with Gasteiger partial charge in [-0.2, -0.15) is 4.31 Å². The first kappa shape index (κ1) is 20.0. The van der Waals surface area contributed by atoms with Crippen molar-refractivity contribution >= 4 is 21.6 Å². The minimum Gasteiger partial charge on any atom is -0.324 e. The van der Waals surface area contributed by atoms with E-state index in [-0.39, 0.29) is 25.2 Å². The Hall–Kier alpha value is -2.32. The number of nitrogens with zero attached hydrogens (tertiary/aromatic N) is 1. The van der Waals surface area contributed by atoms with Crippen LogP contribution in [0.25, 0.3) is 0 Å². The summed E-state index contributed by atoms with van der Waals surface area (Å²) in [6.45, 7) is 1.99. The van der Waals surface area contributed by atoms with Crippen LogP contribution in [0.4, 0.5) is 14.5 Å². The number of benzene rings is 2. The molecule has 0 saturated heterocycles. The molecular formula is C18H20F2N2O3S. The average Bonchev–Trinajstić information content (AvgIpc) is 2.53. The van der Waals surface area contributed by atoms with Crippen molar-refractivity contribution in [3.8, 4) is 0 Å². The van der Waals surface area contributed by atoms with Crippen LogP contribution in [-0.2, 0) is 21.4 Å². The van der Waals surface area contributed by atoms with Crippen molar-refractivity contribution in [1.29, 1.82) is 0 Å². The molecule has 0 aliphatic carbocycles. The fourth-order valence-electron chi connectivity index (χ4n) is 2.41. The van der Waals surface area contributed by atoms with Gasteiger partial charge in [-0.3, -0.25) is 4.79 Å². The minimum atomic E-state index is -3.53. The maximum Gasteiger partial charge on any atom is 0.225 e. The number of hydrogen-bond donors (Lipinski definition) is 1. The molecule has 0 aliphatic rings. The second-order valence-electron chi connectivity index (χ2n) is 6.01. The number of sulfonamides is 1. The zero-order valence-electron chi connectivity index (χ0n) is 14.5. The predicted molar refractivity (Wildman–Crippen MR) is 96.0 cm³/mol. The quantitative estimate of drug-likeness (QED) is 0.800. The Morgan fingerprint density at radius 1 is 1.15 bits per heavy atom. The molecule has 0 saturated carbocycles. The first-order chi connectivity index (χ1) is 12.1. The Kier molecular flexibility index (Phi) is 6.44. The van der Waals surface area contributed by atoms with E-state index in [1.54, 1.807) is 6.07 Å². The maximum absolute atomic E-state index is 13.6. The predicted octanol–water partition coefficient (Wildman–Crippen LogP) is 3.06. The molecule has 1 amide bonds. The van der Waals surface area contributed by atoms with Gasteiger partial charge in [0.25, 0.3) is 0 Å². The van der Waals surface area contributed by atoms with Gasteiger partial charge in [0.2, 0.25) is 15.9 Å². The fraction of sp³-hybridized carbons (Fsp3) is 0.278. The van der Waals surface area contributed by atoms with E-state index in [1.165, 1.54) is 4.31 Å². The van der Waals surface area contributed by atoms with Gasteiger partial charge >= 0.3 is 0 Å². The van der Waals surface area contributed by atoms with E-state index < -0.39 is 27.6 Å². The highest BCUT2D eigenvalue weighted by Gasteiger charge is 2.19. The molecule has 2 aromatic carbocycles. The molecule has 0 bridgehead atoms. The van der Waals surface area contributed by atoms with Gasteiger partial charge in [-0.1, -0.05) is 29.8 Å². The van der Waals surface area contributed by atoms with Crippen LogP contribution in [0, 0.1) is 18.6 Å². The smallest absolute Gasteiger partial charge is 0.225 e.